The third-order valence-corrected chi connectivity index (χ3v) is 3.56. The monoisotopic (exact) mass is 213 g/mol. The number of hydrogen-bond donors (Lipinski definition) is 1. The fourth-order valence-electron chi connectivity index (χ4n) is 2.23. The quantitative estimate of drug-likeness (QED) is 0.710. The molecule has 0 aromatic carbocycles. The van der Waals surface area contributed by atoms with Gasteiger partial charge in [-0.25, -0.2) is 0 Å². The highest BCUT2D eigenvalue weighted by Crippen LogP contribution is 2.07. The average molecular weight is 213 g/mol. The molecule has 1 fully saturated rings. The summed E-state index contributed by atoms with van der Waals surface area (Å²) < 4.78 is 0. The van der Waals surface area contributed by atoms with Crippen LogP contribution < -0.4 is 5.32 Å². The largest absolute Gasteiger partial charge is 0.315 e. The molecule has 0 aromatic rings. The summed E-state index contributed by atoms with van der Waals surface area (Å²) >= 11 is 0. The van der Waals surface area contributed by atoms with Gasteiger partial charge in [-0.1, -0.05) is 13.8 Å². The van der Waals surface area contributed by atoms with Crippen molar-refractivity contribution in [1.82, 2.24) is 15.1 Å². The summed E-state index contributed by atoms with van der Waals surface area (Å²) in [6, 6.07) is 0.759. The van der Waals surface area contributed by atoms with Crippen LogP contribution in [-0.4, -0.2) is 62.2 Å². The van der Waals surface area contributed by atoms with E-state index in [9.17, 15) is 0 Å². The average Bonchev–Trinajstić information content (AvgIpc) is 2.31. The van der Waals surface area contributed by atoms with Crippen LogP contribution >= 0.6 is 0 Å². The summed E-state index contributed by atoms with van der Waals surface area (Å²) in [5, 5.41) is 3.48. The highest BCUT2D eigenvalue weighted by atomic mass is 15.2. The Hall–Kier alpha value is -0.120. The van der Waals surface area contributed by atoms with Crippen LogP contribution in [0.25, 0.3) is 0 Å². The fourth-order valence-corrected chi connectivity index (χ4v) is 2.23. The minimum atomic E-state index is 0.759. The Balaban J connectivity index is 2.18. The molecule has 1 atom stereocenters. The van der Waals surface area contributed by atoms with Gasteiger partial charge in [0.25, 0.3) is 0 Å². The number of piperidine rings is 1. The highest BCUT2D eigenvalue weighted by Gasteiger charge is 2.17. The zero-order valence-corrected chi connectivity index (χ0v) is 10.6. The molecule has 1 saturated heterocycles. The number of hydrogen-bond acceptors (Lipinski definition) is 3. The van der Waals surface area contributed by atoms with E-state index in [0.29, 0.717) is 0 Å². The topological polar surface area (TPSA) is 18.5 Å². The van der Waals surface area contributed by atoms with Crippen molar-refractivity contribution in [3.63, 3.8) is 0 Å². The van der Waals surface area contributed by atoms with Gasteiger partial charge in [-0.05, 0) is 39.5 Å². The molecule has 1 rings (SSSR count). The maximum Gasteiger partial charge on any atom is 0.0218 e. The predicted octanol–water partition coefficient (Wildman–Crippen LogP) is 1.01. The Kier molecular flexibility index (Phi) is 6.22. The van der Waals surface area contributed by atoms with Crippen LogP contribution in [0.15, 0.2) is 0 Å². The van der Waals surface area contributed by atoms with E-state index in [1.54, 1.807) is 0 Å². The zero-order valence-electron chi connectivity index (χ0n) is 10.6. The van der Waals surface area contributed by atoms with Gasteiger partial charge >= 0.3 is 0 Å². The Bertz CT molecular complexity index is 151. The summed E-state index contributed by atoms with van der Waals surface area (Å²) in [5.74, 6) is 0. The van der Waals surface area contributed by atoms with Crippen molar-refractivity contribution in [2.24, 2.45) is 0 Å². The van der Waals surface area contributed by atoms with Crippen LogP contribution in [0.5, 0.6) is 0 Å². The molecule has 3 heteroatoms. The molecule has 1 heterocycles. The molecule has 0 amide bonds. The molecular formula is C12H27N3. The van der Waals surface area contributed by atoms with E-state index in [1.807, 2.05) is 0 Å². The van der Waals surface area contributed by atoms with Gasteiger partial charge in [0.1, 0.15) is 0 Å². The van der Waals surface area contributed by atoms with Gasteiger partial charge in [-0.3, -0.25) is 0 Å². The first-order valence-electron chi connectivity index (χ1n) is 6.41. The Morgan fingerprint density at radius 2 is 1.93 bits per heavy atom. The predicted molar refractivity (Wildman–Crippen MR) is 66.3 cm³/mol. The van der Waals surface area contributed by atoms with Crippen LogP contribution in [0, 0.1) is 0 Å². The number of likely N-dealkylation sites (N-methyl/N-ethyl adjacent to an activating group) is 2. The maximum atomic E-state index is 3.48. The minimum Gasteiger partial charge on any atom is -0.315 e. The minimum absolute atomic E-state index is 0.759. The highest BCUT2D eigenvalue weighted by molar-refractivity contribution is 4.76. The lowest BCUT2D eigenvalue weighted by Gasteiger charge is -2.33. The standard InChI is InChI=1S/C12H27N3/c1-4-15(5-2)10-9-14(3)12-7-6-8-13-11-12/h12-13H,4-11H2,1-3H3. The molecule has 3 nitrogen and oxygen atoms in total. The smallest absolute Gasteiger partial charge is 0.0218 e. The van der Waals surface area contributed by atoms with Crippen LogP contribution in [-0.2, 0) is 0 Å². The summed E-state index contributed by atoms with van der Waals surface area (Å²) in [6.45, 7) is 11.6. The van der Waals surface area contributed by atoms with Gasteiger partial charge in [-0.2, -0.15) is 0 Å². The van der Waals surface area contributed by atoms with E-state index in [0.717, 1.165) is 6.04 Å². The van der Waals surface area contributed by atoms with Gasteiger partial charge in [0, 0.05) is 25.7 Å². The first kappa shape index (κ1) is 12.9. The van der Waals surface area contributed by atoms with E-state index in [4.69, 9.17) is 0 Å². The van der Waals surface area contributed by atoms with Crippen molar-refractivity contribution in [1.29, 1.82) is 0 Å². The number of rotatable bonds is 6. The second-order valence-corrected chi connectivity index (χ2v) is 4.51. The van der Waals surface area contributed by atoms with Crippen molar-refractivity contribution in [3.8, 4) is 0 Å². The number of nitrogens with zero attached hydrogens (tertiary/aromatic N) is 2. The third kappa shape index (κ3) is 4.49. The van der Waals surface area contributed by atoms with Crippen molar-refractivity contribution in [3.05, 3.63) is 0 Å². The van der Waals surface area contributed by atoms with Gasteiger partial charge in [0.15, 0.2) is 0 Å². The van der Waals surface area contributed by atoms with Crippen molar-refractivity contribution in [2.45, 2.75) is 32.7 Å². The van der Waals surface area contributed by atoms with E-state index in [1.165, 1.54) is 52.1 Å². The molecule has 1 aliphatic heterocycles. The molecule has 1 aliphatic rings. The molecule has 0 spiro atoms. The van der Waals surface area contributed by atoms with Gasteiger partial charge in [0.2, 0.25) is 0 Å². The van der Waals surface area contributed by atoms with Crippen LogP contribution in [0.1, 0.15) is 26.7 Å². The van der Waals surface area contributed by atoms with E-state index < -0.39 is 0 Å². The summed E-state index contributed by atoms with van der Waals surface area (Å²) in [5.41, 5.74) is 0. The molecule has 0 bridgehead atoms. The fraction of sp³-hybridized carbons (Fsp3) is 1.00. The van der Waals surface area contributed by atoms with Gasteiger partial charge < -0.3 is 15.1 Å². The van der Waals surface area contributed by atoms with E-state index in [-0.39, 0.29) is 0 Å². The first-order valence-corrected chi connectivity index (χ1v) is 6.41. The number of nitrogens with one attached hydrogen (secondary N) is 1. The Labute approximate surface area is 94.8 Å². The SMILES string of the molecule is CCN(CC)CCN(C)C1CCCNC1. The lowest BCUT2D eigenvalue weighted by molar-refractivity contribution is 0.173. The first-order chi connectivity index (χ1) is 7.27. The normalized spacial score (nSPS) is 22.6. The van der Waals surface area contributed by atoms with Crippen molar-refractivity contribution >= 4 is 0 Å². The molecule has 0 aliphatic carbocycles. The molecule has 90 valence electrons. The maximum absolute atomic E-state index is 3.48. The Morgan fingerprint density at radius 3 is 2.47 bits per heavy atom. The molecule has 0 radical (unpaired) electrons. The summed E-state index contributed by atoms with van der Waals surface area (Å²) in [4.78, 5) is 5.01. The lowest BCUT2D eigenvalue weighted by atomic mass is 10.1. The third-order valence-electron chi connectivity index (χ3n) is 3.56. The van der Waals surface area contributed by atoms with Gasteiger partial charge in [-0.15, -0.1) is 0 Å². The summed E-state index contributed by atoms with van der Waals surface area (Å²) in [7, 11) is 2.27. The molecule has 0 aromatic heterocycles. The van der Waals surface area contributed by atoms with Crippen molar-refractivity contribution in [2.75, 3.05) is 46.3 Å². The Morgan fingerprint density at radius 1 is 1.20 bits per heavy atom. The van der Waals surface area contributed by atoms with Crippen LogP contribution in [0.2, 0.25) is 0 Å². The molecule has 0 saturated carbocycles. The molecule has 1 unspecified atom stereocenters. The molecule has 15 heavy (non-hydrogen) atoms. The summed E-state index contributed by atoms with van der Waals surface area (Å²) in [6.07, 6.45) is 2.70. The van der Waals surface area contributed by atoms with Gasteiger partial charge in [0.05, 0.1) is 0 Å². The van der Waals surface area contributed by atoms with Crippen molar-refractivity contribution < 1.29 is 0 Å². The van der Waals surface area contributed by atoms with E-state index >= 15 is 0 Å². The lowest BCUT2D eigenvalue weighted by Crippen LogP contribution is -2.46. The second kappa shape index (κ2) is 7.20. The second-order valence-electron chi connectivity index (χ2n) is 4.51. The molecule has 1 N–H and O–H groups in total. The zero-order chi connectivity index (χ0) is 11.1. The van der Waals surface area contributed by atoms with Crippen LogP contribution in [0.4, 0.5) is 0 Å². The van der Waals surface area contributed by atoms with E-state index in [2.05, 4.69) is 36.0 Å². The molecular weight excluding hydrogens is 186 g/mol. The van der Waals surface area contributed by atoms with Crippen LogP contribution in [0.3, 0.4) is 0 Å².